The Labute approximate surface area is 97.1 Å². The Kier molecular flexibility index (Phi) is 3.59. The van der Waals surface area contributed by atoms with Crippen LogP contribution in [-0.4, -0.2) is 12.6 Å². The Morgan fingerprint density at radius 1 is 1.50 bits per heavy atom. The average Bonchev–Trinajstić information content (AvgIpc) is 2.68. The van der Waals surface area contributed by atoms with E-state index in [0.29, 0.717) is 12.0 Å². The topological polar surface area (TPSA) is 12.0 Å². The summed E-state index contributed by atoms with van der Waals surface area (Å²) in [7, 11) is 0. The van der Waals surface area contributed by atoms with Crippen molar-refractivity contribution < 1.29 is 4.39 Å². The van der Waals surface area contributed by atoms with Gasteiger partial charge in [-0.2, -0.15) is 0 Å². The van der Waals surface area contributed by atoms with Crippen LogP contribution < -0.4 is 5.32 Å². The molecule has 1 aliphatic carbocycles. The molecule has 0 heterocycles. The Morgan fingerprint density at radius 2 is 2.31 bits per heavy atom. The van der Waals surface area contributed by atoms with Crippen LogP contribution in [0.1, 0.15) is 43.7 Å². The van der Waals surface area contributed by atoms with Crippen LogP contribution in [0.15, 0.2) is 18.2 Å². The van der Waals surface area contributed by atoms with Gasteiger partial charge in [-0.25, -0.2) is 4.39 Å². The van der Waals surface area contributed by atoms with Gasteiger partial charge < -0.3 is 5.32 Å². The van der Waals surface area contributed by atoms with Crippen molar-refractivity contribution in [3.8, 4) is 0 Å². The monoisotopic (exact) mass is 221 g/mol. The van der Waals surface area contributed by atoms with Gasteiger partial charge in [0.15, 0.2) is 0 Å². The van der Waals surface area contributed by atoms with E-state index in [-0.39, 0.29) is 5.82 Å². The summed E-state index contributed by atoms with van der Waals surface area (Å²) in [5, 5.41) is 3.54. The van der Waals surface area contributed by atoms with Crippen molar-refractivity contribution >= 4 is 0 Å². The second kappa shape index (κ2) is 4.96. The lowest BCUT2D eigenvalue weighted by Gasteiger charge is -2.21. The van der Waals surface area contributed by atoms with Gasteiger partial charge in [0.05, 0.1) is 0 Å². The molecule has 0 saturated heterocycles. The van der Waals surface area contributed by atoms with E-state index in [1.807, 2.05) is 6.07 Å². The number of halogens is 1. The molecule has 0 spiro atoms. The molecule has 2 rings (SSSR count). The lowest BCUT2D eigenvalue weighted by atomic mass is 9.94. The smallest absolute Gasteiger partial charge is 0.123 e. The number of nitrogens with one attached hydrogen (secondary N) is 1. The molecule has 2 heteroatoms. The van der Waals surface area contributed by atoms with Crippen molar-refractivity contribution in [1.29, 1.82) is 0 Å². The molecule has 2 unspecified atom stereocenters. The number of rotatable bonds is 4. The highest BCUT2D eigenvalue weighted by molar-refractivity contribution is 5.36. The second-order valence-corrected chi connectivity index (χ2v) is 4.73. The van der Waals surface area contributed by atoms with E-state index < -0.39 is 0 Å². The van der Waals surface area contributed by atoms with Crippen molar-refractivity contribution in [3.05, 3.63) is 35.1 Å². The van der Waals surface area contributed by atoms with Crippen molar-refractivity contribution in [3.63, 3.8) is 0 Å². The van der Waals surface area contributed by atoms with Crippen LogP contribution in [-0.2, 0) is 6.42 Å². The van der Waals surface area contributed by atoms with Crippen LogP contribution in [0, 0.1) is 5.82 Å². The third kappa shape index (κ3) is 2.27. The van der Waals surface area contributed by atoms with Crippen molar-refractivity contribution in [2.75, 3.05) is 6.54 Å². The largest absolute Gasteiger partial charge is 0.314 e. The Bertz CT molecular complexity index is 362. The van der Waals surface area contributed by atoms with Crippen LogP contribution in [0.3, 0.4) is 0 Å². The molecule has 0 aliphatic heterocycles. The van der Waals surface area contributed by atoms with Gasteiger partial charge >= 0.3 is 0 Å². The molecule has 1 aromatic rings. The quantitative estimate of drug-likeness (QED) is 0.823. The zero-order chi connectivity index (χ0) is 11.5. The first-order chi connectivity index (χ1) is 7.72. The first-order valence-corrected chi connectivity index (χ1v) is 6.24. The molecule has 0 fully saturated rings. The van der Waals surface area contributed by atoms with Gasteiger partial charge in [-0.15, -0.1) is 0 Å². The highest BCUT2D eigenvalue weighted by atomic mass is 19.1. The minimum atomic E-state index is -0.103. The maximum absolute atomic E-state index is 13.1. The third-order valence-electron chi connectivity index (χ3n) is 3.55. The molecule has 88 valence electrons. The summed E-state index contributed by atoms with van der Waals surface area (Å²) in [5.41, 5.74) is 2.55. The van der Waals surface area contributed by atoms with E-state index in [1.54, 1.807) is 12.1 Å². The third-order valence-corrected chi connectivity index (χ3v) is 3.55. The zero-order valence-corrected chi connectivity index (χ0v) is 10.1. The minimum absolute atomic E-state index is 0.103. The molecule has 2 atom stereocenters. The SMILES string of the molecule is CCCNC(C)C1CCc2cc(F)ccc21. The van der Waals surface area contributed by atoms with Gasteiger partial charge in [-0.3, -0.25) is 0 Å². The molecule has 0 aromatic heterocycles. The van der Waals surface area contributed by atoms with E-state index in [9.17, 15) is 4.39 Å². The standard InChI is InChI=1S/C14H20FN/c1-3-8-16-10(2)13-6-4-11-9-12(15)5-7-14(11)13/h5,7,9-10,13,16H,3-4,6,8H2,1-2H3. The van der Waals surface area contributed by atoms with Gasteiger partial charge in [0, 0.05) is 6.04 Å². The first-order valence-electron chi connectivity index (χ1n) is 6.24. The molecule has 1 aliphatic rings. The average molecular weight is 221 g/mol. The van der Waals surface area contributed by atoms with Crippen molar-refractivity contribution in [1.82, 2.24) is 5.32 Å². The highest BCUT2D eigenvalue weighted by Gasteiger charge is 2.26. The predicted octanol–water partition coefficient (Wildman–Crippen LogP) is 3.24. The summed E-state index contributed by atoms with van der Waals surface area (Å²) in [6, 6.07) is 5.74. The van der Waals surface area contributed by atoms with Gasteiger partial charge in [-0.1, -0.05) is 13.0 Å². The number of aryl methyl sites for hydroxylation is 1. The highest BCUT2D eigenvalue weighted by Crippen LogP contribution is 2.35. The van der Waals surface area contributed by atoms with E-state index >= 15 is 0 Å². The summed E-state index contributed by atoms with van der Waals surface area (Å²) in [5.74, 6) is 0.454. The zero-order valence-electron chi connectivity index (χ0n) is 10.1. The molecule has 0 saturated carbocycles. The Hall–Kier alpha value is -0.890. The van der Waals surface area contributed by atoms with Crippen molar-refractivity contribution in [2.45, 2.75) is 45.1 Å². The number of hydrogen-bond acceptors (Lipinski definition) is 1. The molecule has 16 heavy (non-hydrogen) atoms. The summed E-state index contributed by atoms with van der Waals surface area (Å²) < 4.78 is 13.1. The lowest BCUT2D eigenvalue weighted by Crippen LogP contribution is -2.31. The molecule has 1 nitrogen and oxygen atoms in total. The van der Waals surface area contributed by atoms with Gasteiger partial charge in [0.25, 0.3) is 0 Å². The van der Waals surface area contributed by atoms with Crippen molar-refractivity contribution in [2.24, 2.45) is 0 Å². The molecular formula is C14H20FN. The van der Waals surface area contributed by atoms with E-state index in [4.69, 9.17) is 0 Å². The van der Waals surface area contributed by atoms with Crippen LogP contribution in [0.4, 0.5) is 4.39 Å². The number of hydrogen-bond donors (Lipinski definition) is 1. The number of fused-ring (bicyclic) bond motifs is 1. The normalized spacial score (nSPS) is 20.8. The van der Waals surface area contributed by atoms with Gasteiger partial charge in [0.1, 0.15) is 5.82 Å². The molecule has 1 aromatic carbocycles. The maximum Gasteiger partial charge on any atom is 0.123 e. The lowest BCUT2D eigenvalue weighted by molar-refractivity contribution is 0.457. The Balaban J connectivity index is 2.11. The van der Waals surface area contributed by atoms with E-state index in [2.05, 4.69) is 19.2 Å². The van der Waals surface area contributed by atoms with Gasteiger partial charge in [-0.05, 0) is 61.9 Å². The van der Waals surface area contributed by atoms with Crippen LogP contribution in [0.25, 0.3) is 0 Å². The molecule has 0 bridgehead atoms. The summed E-state index contributed by atoms with van der Waals surface area (Å²) >= 11 is 0. The van der Waals surface area contributed by atoms with Crippen LogP contribution in [0.5, 0.6) is 0 Å². The fourth-order valence-electron chi connectivity index (χ4n) is 2.65. The maximum atomic E-state index is 13.1. The summed E-state index contributed by atoms with van der Waals surface area (Å²) in [6.07, 6.45) is 3.33. The fourth-order valence-corrected chi connectivity index (χ4v) is 2.65. The van der Waals surface area contributed by atoms with Gasteiger partial charge in [0.2, 0.25) is 0 Å². The molecular weight excluding hydrogens is 201 g/mol. The molecule has 0 radical (unpaired) electrons. The summed E-state index contributed by atoms with van der Waals surface area (Å²) in [6.45, 7) is 5.48. The van der Waals surface area contributed by atoms with Crippen LogP contribution >= 0.6 is 0 Å². The van der Waals surface area contributed by atoms with Crippen LogP contribution in [0.2, 0.25) is 0 Å². The summed E-state index contributed by atoms with van der Waals surface area (Å²) in [4.78, 5) is 0. The number of benzene rings is 1. The first kappa shape index (κ1) is 11.6. The fraction of sp³-hybridized carbons (Fsp3) is 0.571. The molecule has 0 amide bonds. The second-order valence-electron chi connectivity index (χ2n) is 4.73. The van der Waals surface area contributed by atoms with E-state index in [0.717, 1.165) is 25.8 Å². The van der Waals surface area contributed by atoms with E-state index in [1.165, 1.54) is 11.1 Å². The minimum Gasteiger partial charge on any atom is -0.314 e. The Morgan fingerprint density at radius 3 is 3.06 bits per heavy atom. The predicted molar refractivity (Wildman–Crippen MR) is 65.2 cm³/mol. The molecule has 1 N–H and O–H groups in total.